The highest BCUT2D eigenvalue weighted by Crippen LogP contribution is 2.65. The summed E-state index contributed by atoms with van der Waals surface area (Å²) in [4.78, 5) is 0. The second kappa shape index (κ2) is 5.11. The Morgan fingerprint density at radius 2 is 2.04 bits per heavy atom. The molecule has 0 amide bonds. The number of aliphatic hydroxyl groups is 2. The van der Waals surface area contributed by atoms with Crippen LogP contribution in [0.4, 0.5) is 0 Å². The molecule has 0 aromatic rings. The van der Waals surface area contributed by atoms with E-state index in [0.717, 1.165) is 44.4 Å². The van der Waals surface area contributed by atoms with Gasteiger partial charge in [0.1, 0.15) is 5.60 Å². The Morgan fingerprint density at radius 1 is 1.26 bits per heavy atom. The van der Waals surface area contributed by atoms with Gasteiger partial charge in [-0.1, -0.05) is 31.4 Å². The van der Waals surface area contributed by atoms with Crippen molar-refractivity contribution in [2.45, 2.75) is 70.5 Å². The van der Waals surface area contributed by atoms with Crippen LogP contribution in [0.15, 0.2) is 11.6 Å². The lowest BCUT2D eigenvalue weighted by Gasteiger charge is -2.54. The molecule has 8 atom stereocenters. The quantitative estimate of drug-likeness (QED) is 0.530. The third kappa shape index (κ3) is 1.96. The minimum atomic E-state index is -0.935. The topological polar surface area (TPSA) is 40.5 Å². The van der Waals surface area contributed by atoms with Crippen molar-refractivity contribution in [1.29, 1.82) is 0 Å². The predicted molar refractivity (Wildman–Crippen MR) is 91.4 cm³/mol. The Labute approximate surface area is 140 Å². The van der Waals surface area contributed by atoms with Crippen molar-refractivity contribution in [1.82, 2.24) is 0 Å². The first-order valence-electron chi connectivity index (χ1n) is 9.48. The summed E-state index contributed by atoms with van der Waals surface area (Å²) in [5.41, 5.74) is 0.462. The molecule has 3 unspecified atom stereocenters. The fourth-order valence-corrected chi connectivity index (χ4v) is 6.90. The lowest BCUT2D eigenvalue weighted by atomic mass is 9.51. The van der Waals surface area contributed by atoms with Crippen LogP contribution in [0.5, 0.6) is 0 Å². The molecule has 23 heavy (non-hydrogen) atoms. The first-order valence-corrected chi connectivity index (χ1v) is 9.48. The first-order chi connectivity index (χ1) is 10.9. The molecule has 0 saturated heterocycles. The van der Waals surface area contributed by atoms with Crippen molar-refractivity contribution in [3.8, 4) is 12.3 Å². The number of terminal acetylenes is 1. The predicted octanol–water partition coefficient (Wildman–Crippen LogP) is 3.53. The number of aliphatic hydroxyl groups excluding tert-OH is 1. The smallest absolute Gasteiger partial charge is 0.133 e. The minimum Gasteiger partial charge on any atom is -0.393 e. The van der Waals surface area contributed by atoms with E-state index in [1.165, 1.54) is 12.0 Å². The molecule has 4 aliphatic carbocycles. The SMILES string of the molecule is C#C[C@@]1(O)[C@@H](C)CC2C3CC=C4C[C@H](O)CC[C@@H]4C3CC[C@@]21C. The average Bonchev–Trinajstić information content (AvgIpc) is 2.75. The summed E-state index contributed by atoms with van der Waals surface area (Å²) in [6.07, 6.45) is 15.5. The lowest BCUT2D eigenvalue weighted by Crippen LogP contribution is -2.53. The van der Waals surface area contributed by atoms with Crippen LogP contribution >= 0.6 is 0 Å². The maximum absolute atomic E-state index is 11.2. The van der Waals surface area contributed by atoms with Crippen LogP contribution in [0.1, 0.15) is 58.8 Å². The highest BCUT2D eigenvalue weighted by atomic mass is 16.3. The largest absolute Gasteiger partial charge is 0.393 e. The number of hydrogen-bond donors (Lipinski definition) is 2. The molecule has 0 heterocycles. The fourth-order valence-electron chi connectivity index (χ4n) is 6.90. The monoisotopic (exact) mass is 314 g/mol. The van der Waals surface area contributed by atoms with Crippen LogP contribution in [0.25, 0.3) is 0 Å². The third-order valence-electron chi connectivity index (χ3n) is 8.22. The van der Waals surface area contributed by atoms with E-state index in [-0.39, 0.29) is 17.4 Å². The third-order valence-corrected chi connectivity index (χ3v) is 8.22. The Morgan fingerprint density at radius 3 is 2.78 bits per heavy atom. The zero-order valence-electron chi connectivity index (χ0n) is 14.5. The van der Waals surface area contributed by atoms with Crippen molar-refractivity contribution < 1.29 is 10.2 Å². The van der Waals surface area contributed by atoms with Crippen molar-refractivity contribution in [3.05, 3.63) is 11.6 Å². The number of fused-ring (bicyclic) bond motifs is 5. The summed E-state index contributed by atoms with van der Waals surface area (Å²) >= 11 is 0. The maximum Gasteiger partial charge on any atom is 0.133 e. The second-order valence-electron chi connectivity index (χ2n) is 8.99. The van der Waals surface area contributed by atoms with Gasteiger partial charge in [-0.25, -0.2) is 0 Å². The van der Waals surface area contributed by atoms with E-state index >= 15 is 0 Å². The van der Waals surface area contributed by atoms with Crippen molar-refractivity contribution in [2.24, 2.45) is 35.0 Å². The van der Waals surface area contributed by atoms with Gasteiger partial charge in [0.05, 0.1) is 6.10 Å². The van der Waals surface area contributed by atoms with Gasteiger partial charge in [-0.15, -0.1) is 6.42 Å². The molecule has 0 aromatic heterocycles. The number of hydrogen-bond acceptors (Lipinski definition) is 2. The van der Waals surface area contributed by atoms with E-state index in [4.69, 9.17) is 6.42 Å². The second-order valence-corrected chi connectivity index (χ2v) is 8.99. The van der Waals surface area contributed by atoms with Crippen LogP contribution in [0.3, 0.4) is 0 Å². The summed E-state index contributed by atoms with van der Waals surface area (Å²) in [5, 5.41) is 21.2. The van der Waals surface area contributed by atoms with E-state index in [1.807, 2.05) is 0 Å². The highest BCUT2D eigenvalue weighted by Gasteiger charge is 2.64. The normalized spacial score (nSPS) is 55.2. The van der Waals surface area contributed by atoms with Gasteiger partial charge < -0.3 is 10.2 Å². The van der Waals surface area contributed by atoms with Crippen molar-refractivity contribution in [3.63, 3.8) is 0 Å². The van der Waals surface area contributed by atoms with E-state index in [1.54, 1.807) is 0 Å². The molecule has 2 heteroatoms. The Hall–Kier alpha value is -0.780. The molecular weight excluding hydrogens is 284 g/mol. The summed E-state index contributed by atoms with van der Waals surface area (Å²) in [5.74, 6) is 5.62. The van der Waals surface area contributed by atoms with Gasteiger partial charge in [0.25, 0.3) is 0 Å². The van der Waals surface area contributed by atoms with Crippen LogP contribution in [0.2, 0.25) is 0 Å². The van der Waals surface area contributed by atoms with Gasteiger partial charge in [0.15, 0.2) is 0 Å². The molecule has 3 saturated carbocycles. The van der Waals surface area contributed by atoms with Crippen molar-refractivity contribution in [2.75, 3.05) is 0 Å². The van der Waals surface area contributed by atoms with E-state index in [9.17, 15) is 10.2 Å². The van der Waals surface area contributed by atoms with E-state index < -0.39 is 5.60 Å². The Kier molecular flexibility index (Phi) is 3.49. The minimum absolute atomic E-state index is 0.123. The van der Waals surface area contributed by atoms with Crippen LogP contribution in [-0.2, 0) is 0 Å². The van der Waals surface area contributed by atoms with Gasteiger partial charge >= 0.3 is 0 Å². The fraction of sp³-hybridized carbons (Fsp3) is 0.810. The van der Waals surface area contributed by atoms with E-state index in [2.05, 4.69) is 25.8 Å². The molecule has 0 aromatic carbocycles. The van der Waals surface area contributed by atoms with Crippen LogP contribution in [0, 0.1) is 47.3 Å². The molecular formula is C21H30O2. The molecule has 0 spiro atoms. The van der Waals surface area contributed by atoms with Crippen LogP contribution in [-0.4, -0.2) is 21.9 Å². The lowest BCUT2D eigenvalue weighted by molar-refractivity contribution is -0.0925. The zero-order valence-corrected chi connectivity index (χ0v) is 14.5. The Balaban J connectivity index is 1.67. The first kappa shape index (κ1) is 15.7. The van der Waals surface area contributed by atoms with Gasteiger partial charge in [-0.3, -0.25) is 0 Å². The average molecular weight is 314 g/mol. The molecule has 0 bridgehead atoms. The molecule has 0 radical (unpaired) electrons. The zero-order chi connectivity index (χ0) is 16.4. The molecule has 4 aliphatic rings. The van der Waals surface area contributed by atoms with Crippen molar-refractivity contribution >= 4 is 0 Å². The standard InChI is InChI=1S/C21H30O2/c1-4-21(23)13(2)11-19-18-7-5-14-12-15(22)6-8-16(14)17(18)9-10-20(19,21)3/h1,5,13,15-19,22-23H,6-12H2,2-3H3/t13-,15+,16-,17?,18?,19?,20-,21+/m0/s1. The number of rotatable bonds is 0. The summed E-state index contributed by atoms with van der Waals surface area (Å²) < 4.78 is 0. The molecule has 2 nitrogen and oxygen atoms in total. The molecule has 3 fully saturated rings. The van der Waals surface area contributed by atoms with Gasteiger partial charge in [0.2, 0.25) is 0 Å². The van der Waals surface area contributed by atoms with Gasteiger partial charge in [0, 0.05) is 5.41 Å². The highest BCUT2D eigenvalue weighted by molar-refractivity contribution is 5.27. The van der Waals surface area contributed by atoms with E-state index in [0.29, 0.717) is 17.8 Å². The van der Waals surface area contributed by atoms with Gasteiger partial charge in [-0.05, 0) is 74.5 Å². The number of allylic oxidation sites excluding steroid dienone is 1. The molecule has 0 aliphatic heterocycles. The van der Waals surface area contributed by atoms with Gasteiger partial charge in [-0.2, -0.15) is 0 Å². The summed E-state index contributed by atoms with van der Waals surface area (Å²) in [6.45, 7) is 4.39. The van der Waals surface area contributed by atoms with Crippen LogP contribution < -0.4 is 0 Å². The molecule has 2 N–H and O–H groups in total. The maximum atomic E-state index is 11.2. The summed E-state index contributed by atoms with van der Waals surface area (Å²) in [7, 11) is 0. The molecule has 4 rings (SSSR count). The summed E-state index contributed by atoms with van der Waals surface area (Å²) in [6, 6.07) is 0. The Bertz CT molecular complexity index is 573. The molecule has 126 valence electrons.